The summed E-state index contributed by atoms with van der Waals surface area (Å²) >= 11 is 0. The number of pyridine rings is 1. The molecule has 0 saturated carbocycles. The van der Waals surface area contributed by atoms with Gasteiger partial charge in [-0.2, -0.15) is 0 Å². The Kier molecular flexibility index (Phi) is 3.54. The minimum atomic E-state index is 0.728. The lowest BCUT2D eigenvalue weighted by atomic mass is 10.3. The molecule has 1 aromatic rings. The van der Waals surface area contributed by atoms with Crippen molar-refractivity contribution in [1.82, 2.24) is 4.98 Å². The van der Waals surface area contributed by atoms with E-state index >= 15 is 0 Å². The lowest BCUT2D eigenvalue weighted by Crippen LogP contribution is -2.09. The number of hydrogen-bond acceptors (Lipinski definition) is 3. The van der Waals surface area contributed by atoms with Crippen molar-refractivity contribution in [2.24, 2.45) is 5.73 Å². The molecule has 0 atom stereocenters. The lowest BCUT2D eigenvalue weighted by molar-refractivity contribution is 0.872. The average Bonchev–Trinajstić information content (AvgIpc) is 2.09. The van der Waals surface area contributed by atoms with Gasteiger partial charge in [-0.05, 0) is 32.0 Å². The Balaban J connectivity index is 2.46. The number of aryl methyl sites for hydroxylation is 1. The summed E-state index contributed by atoms with van der Waals surface area (Å²) < 4.78 is 0. The second kappa shape index (κ2) is 4.72. The highest BCUT2D eigenvalue weighted by Crippen LogP contribution is 2.09. The predicted molar refractivity (Wildman–Crippen MR) is 51.1 cm³/mol. The quantitative estimate of drug-likeness (QED) is 0.658. The van der Waals surface area contributed by atoms with E-state index < -0.39 is 0 Å². The molecule has 3 heteroatoms. The topological polar surface area (TPSA) is 50.9 Å². The lowest BCUT2D eigenvalue weighted by Gasteiger charge is -2.06. The molecule has 1 aromatic heterocycles. The van der Waals surface area contributed by atoms with Crippen LogP contribution in [0.1, 0.15) is 12.1 Å². The third-order valence-electron chi connectivity index (χ3n) is 1.70. The molecule has 0 saturated heterocycles. The molecule has 0 aliphatic rings. The zero-order valence-corrected chi connectivity index (χ0v) is 7.38. The summed E-state index contributed by atoms with van der Waals surface area (Å²) in [6.45, 7) is 3.64. The van der Waals surface area contributed by atoms with Crippen LogP contribution in [-0.4, -0.2) is 18.1 Å². The average molecular weight is 165 g/mol. The van der Waals surface area contributed by atoms with Crippen LogP contribution >= 0.6 is 0 Å². The Morgan fingerprint density at radius 3 is 3.08 bits per heavy atom. The van der Waals surface area contributed by atoms with Crippen molar-refractivity contribution in [2.45, 2.75) is 13.3 Å². The normalized spacial score (nSPS) is 9.83. The van der Waals surface area contributed by atoms with E-state index in [-0.39, 0.29) is 0 Å². The van der Waals surface area contributed by atoms with E-state index in [1.807, 2.05) is 19.1 Å². The van der Waals surface area contributed by atoms with Gasteiger partial charge in [-0.3, -0.25) is 4.98 Å². The number of anilines is 1. The van der Waals surface area contributed by atoms with Gasteiger partial charge in [0.2, 0.25) is 0 Å². The van der Waals surface area contributed by atoms with Crippen LogP contribution in [0.25, 0.3) is 0 Å². The maximum absolute atomic E-state index is 5.38. The first kappa shape index (κ1) is 9.00. The van der Waals surface area contributed by atoms with E-state index in [0.29, 0.717) is 0 Å². The number of nitrogens with two attached hydrogens (primary N) is 1. The van der Waals surface area contributed by atoms with Gasteiger partial charge in [0, 0.05) is 12.7 Å². The van der Waals surface area contributed by atoms with Crippen LogP contribution in [0.2, 0.25) is 0 Å². The molecule has 66 valence electrons. The van der Waals surface area contributed by atoms with Crippen LogP contribution in [0.5, 0.6) is 0 Å². The first-order valence-corrected chi connectivity index (χ1v) is 4.20. The van der Waals surface area contributed by atoms with Gasteiger partial charge in [0.1, 0.15) is 0 Å². The Morgan fingerprint density at radius 2 is 2.42 bits per heavy atom. The molecule has 0 aliphatic heterocycles. The molecule has 0 bridgehead atoms. The van der Waals surface area contributed by atoms with Crippen molar-refractivity contribution in [2.75, 3.05) is 18.4 Å². The third kappa shape index (κ3) is 2.51. The van der Waals surface area contributed by atoms with E-state index in [0.717, 1.165) is 30.9 Å². The molecular formula is C9H15N3. The Morgan fingerprint density at radius 1 is 1.58 bits per heavy atom. The fourth-order valence-corrected chi connectivity index (χ4v) is 0.996. The van der Waals surface area contributed by atoms with Crippen molar-refractivity contribution in [3.63, 3.8) is 0 Å². The van der Waals surface area contributed by atoms with Gasteiger partial charge in [0.05, 0.1) is 11.4 Å². The highest BCUT2D eigenvalue weighted by molar-refractivity contribution is 5.46. The molecule has 0 fully saturated rings. The zero-order valence-electron chi connectivity index (χ0n) is 7.38. The Hall–Kier alpha value is -1.09. The highest BCUT2D eigenvalue weighted by Gasteiger charge is 1.94. The maximum Gasteiger partial charge on any atom is 0.0603 e. The van der Waals surface area contributed by atoms with Crippen LogP contribution < -0.4 is 11.1 Å². The molecule has 1 rings (SSSR count). The summed E-state index contributed by atoms with van der Waals surface area (Å²) in [4.78, 5) is 4.16. The van der Waals surface area contributed by atoms with Crippen molar-refractivity contribution < 1.29 is 0 Å². The molecule has 0 aromatic carbocycles. The van der Waals surface area contributed by atoms with E-state index in [9.17, 15) is 0 Å². The van der Waals surface area contributed by atoms with Crippen LogP contribution in [0.3, 0.4) is 0 Å². The second-order valence-electron chi connectivity index (χ2n) is 2.71. The molecule has 3 nitrogen and oxygen atoms in total. The number of nitrogens with zero attached hydrogens (tertiary/aromatic N) is 1. The van der Waals surface area contributed by atoms with Gasteiger partial charge >= 0.3 is 0 Å². The molecule has 3 N–H and O–H groups in total. The van der Waals surface area contributed by atoms with Crippen molar-refractivity contribution in [3.8, 4) is 0 Å². The van der Waals surface area contributed by atoms with Gasteiger partial charge in [0.25, 0.3) is 0 Å². The minimum Gasteiger partial charge on any atom is -0.384 e. The molecule has 12 heavy (non-hydrogen) atoms. The molecule has 0 aliphatic carbocycles. The number of aromatic nitrogens is 1. The van der Waals surface area contributed by atoms with Gasteiger partial charge in [-0.15, -0.1) is 0 Å². The van der Waals surface area contributed by atoms with Crippen LogP contribution in [0, 0.1) is 6.92 Å². The Labute approximate surface area is 73.0 Å². The predicted octanol–water partition coefficient (Wildman–Crippen LogP) is 1.15. The van der Waals surface area contributed by atoms with Crippen LogP contribution in [0.15, 0.2) is 18.3 Å². The standard InChI is InChI=1S/C9H15N3/c1-8-9(4-2-6-11-8)12-7-3-5-10/h2,4,6,12H,3,5,7,10H2,1H3. The summed E-state index contributed by atoms with van der Waals surface area (Å²) in [7, 11) is 0. The van der Waals surface area contributed by atoms with E-state index in [4.69, 9.17) is 5.73 Å². The molecule has 0 amide bonds. The summed E-state index contributed by atoms with van der Waals surface area (Å²) in [5, 5.41) is 3.27. The van der Waals surface area contributed by atoms with Crippen molar-refractivity contribution >= 4 is 5.69 Å². The van der Waals surface area contributed by atoms with E-state index in [2.05, 4.69) is 10.3 Å². The highest BCUT2D eigenvalue weighted by atomic mass is 14.9. The molecule has 1 heterocycles. The van der Waals surface area contributed by atoms with Crippen molar-refractivity contribution in [1.29, 1.82) is 0 Å². The maximum atomic E-state index is 5.38. The summed E-state index contributed by atoms with van der Waals surface area (Å²) in [5.41, 5.74) is 7.51. The third-order valence-corrected chi connectivity index (χ3v) is 1.70. The van der Waals surface area contributed by atoms with Crippen LogP contribution in [0.4, 0.5) is 5.69 Å². The molecular weight excluding hydrogens is 150 g/mol. The molecule has 0 radical (unpaired) electrons. The fraction of sp³-hybridized carbons (Fsp3) is 0.444. The molecule has 0 spiro atoms. The van der Waals surface area contributed by atoms with Crippen molar-refractivity contribution in [3.05, 3.63) is 24.0 Å². The Bertz CT molecular complexity index is 235. The fourth-order valence-electron chi connectivity index (χ4n) is 0.996. The van der Waals surface area contributed by atoms with Gasteiger partial charge in [-0.1, -0.05) is 0 Å². The van der Waals surface area contributed by atoms with Gasteiger partial charge in [0.15, 0.2) is 0 Å². The summed E-state index contributed by atoms with van der Waals surface area (Å²) in [6.07, 6.45) is 2.79. The number of rotatable bonds is 4. The van der Waals surface area contributed by atoms with E-state index in [1.54, 1.807) is 6.20 Å². The minimum absolute atomic E-state index is 0.728. The van der Waals surface area contributed by atoms with Gasteiger partial charge in [-0.25, -0.2) is 0 Å². The first-order chi connectivity index (χ1) is 5.84. The first-order valence-electron chi connectivity index (χ1n) is 4.20. The number of hydrogen-bond donors (Lipinski definition) is 2. The second-order valence-corrected chi connectivity index (χ2v) is 2.71. The SMILES string of the molecule is Cc1ncccc1NCCCN. The smallest absolute Gasteiger partial charge is 0.0603 e. The summed E-state index contributed by atoms with van der Waals surface area (Å²) in [6, 6.07) is 3.95. The largest absolute Gasteiger partial charge is 0.384 e. The van der Waals surface area contributed by atoms with Crippen LogP contribution in [-0.2, 0) is 0 Å². The van der Waals surface area contributed by atoms with Gasteiger partial charge < -0.3 is 11.1 Å². The van der Waals surface area contributed by atoms with E-state index in [1.165, 1.54) is 0 Å². The monoisotopic (exact) mass is 165 g/mol. The molecule has 0 unspecified atom stereocenters. The summed E-state index contributed by atoms with van der Waals surface area (Å²) in [5.74, 6) is 0. The zero-order chi connectivity index (χ0) is 8.81. The number of nitrogens with one attached hydrogen (secondary N) is 1.